The van der Waals surface area contributed by atoms with Gasteiger partial charge in [-0.25, -0.2) is 4.98 Å². The summed E-state index contributed by atoms with van der Waals surface area (Å²) in [5.74, 6) is 0. The number of hydrogen-bond donors (Lipinski definition) is 2. The second-order valence-corrected chi connectivity index (χ2v) is 6.40. The molecule has 4 heteroatoms. The van der Waals surface area contributed by atoms with Crippen LogP contribution in [0, 0.1) is 13.8 Å². The van der Waals surface area contributed by atoms with Crippen molar-refractivity contribution in [3.05, 3.63) is 45.4 Å². The molecule has 2 rings (SSSR count). The van der Waals surface area contributed by atoms with Gasteiger partial charge in [0.2, 0.25) is 0 Å². The van der Waals surface area contributed by atoms with E-state index < -0.39 is 0 Å². The molecule has 0 aliphatic heterocycles. The Kier molecular flexibility index (Phi) is 5.15. The summed E-state index contributed by atoms with van der Waals surface area (Å²) in [6.07, 6.45) is 2.11. The van der Waals surface area contributed by atoms with Gasteiger partial charge in [0.1, 0.15) is 0 Å². The lowest BCUT2D eigenvalue weighted by Gasteiger charge is -2.13. The van der Waals surface area contributed by atoms with Crippen molar-refractivity contribution in [2.45, 2.75) is 39.7 Å². The van der Waals surface area contributed by atoms with E-state index >= 15 is 0 Å². The van der Waals surface area contributed by atoms with Crippen LogP contribution in [0.3, 0.4) is 0 Å². The molecule has 0 aliphatic rings. The van der Waals surface area contributed by atoms with Crippen LogP contribution >= 0.6 is 11.3 Å². The van der Waals surface area contributed by atoms with Crippen LogP contribution in [-0.4, -0.2) is 11.5 Å². The number of benzene rings is 1. The average molecular weight is 289 g/mol. The molecule has 0 amide bonds. The van der Waals surface area contributed by atoms with E-state index in [9.17, 15) is 0 Å². The van der Waals surface area contributed by atoms with Gasteiger partial charge in [-0.05, 0) is 51.8 Å². The van der Waals surface area contributed by atoms with Crippen LogP contribution in [-0.2, 0) is 6.42 Å². The molecule has 20 heavy (non-hydrogen) atoms. The van der Waals surface area contributed by atoms with Crippen LogP contribution < -0.4 is 11.1 Å². The molecule has 0 aliphatic carbocycles. The molecular formula is C16H23N3S. The van der Waals surface area contributed by atoms with Gasteiger partial charge in [-0.15, -0.1) is 11.3 Å². The first-order valence-electron chi connectivity index (χ1n) is 7.08. The largest absolute Gasteiger partial charge is 0.399 e. The first kappa shape index (κ1) is 15.0. The summed E-state index contributed by atoms with van der Waals surface area (Å²) < 4.78 is 0. The molecule has 3 N–H and O–H groups in total. The first-order valence-corrected chi connectivity index (χ1v) is 7.90. The molecule has 0 spiro atoms. The lowest BCUT2D eigenvalue weighted by Crippen LogP contribution is -2.20. The van der Waals surface area contributed by atoms with Crippen molar-refractivity contribution in [1.29, 1.82) is 0 Å². The van der Waals surface area contributed by atoms with E-state index in [0.717, 1.165) is 35.8 Å². The molecular weight excluding hydrogens is 266 g/mol. The molecule has 108 valence electrons. The summed E-state index contributed by atoms with van der Waals surface area (Å²) in [6.45, 7) is 7.34. The van der Waals surface area contributed by atoms with Crippen molar-refractivity contribution in [3.63, 3.8) is 0 Å². The summed E-state index contributed by atoms with van der Waals surface area (Å²) in [5.41, 5.74) is 9.24. The van der Waals surface area contributed by atoms with Crippen molar-refractivity contribution >= 4 is 17.0 Å². The maximum Gasteiger partial charge on any atom is 0.0900 e. The number of aryl methyl sites for hydroxylation is 3. The molecule has 3 nitrogen and oxygen atoms in total. The van der Waals surface area contributed by atoms with Gasteiger partial charge in [-0.1, -0.05) is 18.2 Å². The summed E-state index contributed by atoms with van der Waals surface area (Å²) >= 11 is 1.79. The zero-order valence-corrected chi connectivity index (χ0v) is 13.3. The second-order valence-electron chi connectivity index (χ2n) is 5.16. The predicted octanol–water partition coefficient (Wildman–Crippen LogP) is 3.63. The molecule has 1 aromatic carbocycles. The summed E-state index contributed by atoms with van der Waals surface area (Å²) in [5, 5.41) is 4.71. The van der Waals surface area contributed by atoms with E-state index in [-0.39, 0.29) is 0 Å². The van der Waals surface area contributed by atoms with Crippen molar-refractivity contribution in [1.82, 2.24) is 10.3 Å². The number of aromatic nitrogens is 1. The zero-order chi connectivity index (χ0) is 14.5. The maximum absolute atomic E-state index is 5.95. The fourth-order valence-electron chi connectivity index (χ4n) is 2.40. The maximum atomic E-state index is 5.95. The SMILES string of the molecule is Cc1nc(C)c(C(C)NCCCc2ccccc2N)s1. The van der Waals surface area contributed by atoms with E-state index in [1.165, 1.54) is 10.4 Å². The summed E-state index contributed by atoms with van der Waals surface area (Å²) in [7, 11) is 0. The summed E-state index contributed by atoms with van der Waals surface area (Å²) in [4.78, 5) is 5.83. The Morgan fingerprint density at radius 3 is 2.70 bits per heavy atom. The van der Waals surface area contributed by atoms with E-state index in [1.54, 1.807) is 11.3 Å². The van der Waals surface area contributed by atoms with Gasteiger partial charge in [-0.3, -0.25) is 0 Å². The Balaban J connectivity index is 1.79. The molecule has 2 aromatic rings. The van der Waals surface area contributed by atoms with Crippen LogP contribution in [0.5, 0.6) is 0 Å². The highest BCUT2D eigenvalue weighted by Crippen LogP contribution is 2.24. The summed E-state index contributed by atoms with van der Waals surface area (Å²) in [6, 6.07) is 8.47. The van der Waals surface area contributed by atoms with Crippen LogP contribution in [0.2, 0.25) is 0 Å². The van der Waals surface area contributed by atoms with Crippen molar-refractivity contribution in [3.8, 4) is 0 Å². The minimum atomic E-state index is 0.370. The van der Waals surface area contributed by atoms with Crippen molar-refractivity contribution < 1.29 is 0 Å². The number of nitrogens with two attached hydrogens (primary N) is 1. The quantitative estimate of drug-likeness (QED) is 0.631. The monoisotopic (exact) mass is 289 g/mol. The molecule has 0 radical (unpaired) electrons. The number of rotatable bonds is 6. The molecule has 1 unspecified atom stereocenters. The number of thiazole rings is 1. The highest BCUT2D eigenvalue weighted by molar-refractivity contribution is 7.11. The lowest BCUT2D eigenvalue weighted by molar-refractivity contribution is 0.562. The molecule has 0 saturated heterocycles. The number of anilines is 1. The molecule has 0 bridgehead atoms. The predicted molar refractivity (Wildman–Crippen MR) is 87.2 cm³/mol. The molecule has 0 fully saturated rings. The standard InChI is InChI=1S/C16H23N3S/c1-11(16-12(2)19-13(3)20-16)18-10-6-8-14-7-4-5-9-15(14)17/h4-5,7,9,11,18H,6,8,10,17H2,1-3H3. The number of nitrogens with one attached hydrogen (secondary N) is 1. The van der Waals surface area contributed by atoms with Crippen molar-refractivity contribution in [2.24, 2.45) is 0 Å². The first-order chi connectivity index (χ1) is 9.58. The Labute approximate surface area is 125 Å². The number of para-hydroxylation sites is 1. The van der Waals surface area contributed by atoms with Gasteiger partial charge in [-0.2, -0.15) is 0 Å². The van der Waals surface area contributed by atoms with E-state index in [4.69, 9.17) is 5.73 Å². The molecule has 0 saturated carbocycles. The van der Waals surface area contributed by atoms with E-state index in [2.05, 4.69) is 37.1 Å². The number of nitrogen functional groups attached to an aromatic ring is 1. The molecule has 1 aromatic heterocycles. The lowest BCUT2D eigenvalue weighted by atomic mass is 10.1. The van der Waals surface area contributed by atoms with Crippen LogP contribution in [0.25, 0.3) is 0 Å². The topological polar surface area (TPSA) is 50.9 Å². The molecule has 1 atom stereocenters. The smallest absolute Gasteiger partial charge is 0.0900 e. The molecule has 1 heterocycles. The third-order valence-corrected chi connectivity index (χ3v) is 4.72. The third-order valence-electron chi connectivity index (χ3n) is 3.46. The van der Waals surface area contributed by atoms with Gasteiger partial charge in [0.15, 0.2) is 0 Å². The van der Waals surface area contributed by atoms with Crippen molar-refractivity contribution in [2.75, 3.05) is 12.3 Å². The van der Waals surface area contributed by atoms with Gasteiger partial charge < -0.3 is 11.1 Å². The Hall–Kier alpha value is -1.39. The minimum Gasteiger partial charge on any atom is -0.399 e. The van der Waals surface area contributed by atoms with E-state index in [0.29, 0.717) is 6.04 Å². The normalized spacial score (nSPS) is 12.6. The fourth-order valence-corrected chi connectivity index (χ4v) is 3.36. The highest BCUT2D eigenvalue weighted by Gasteiger charge is 2.11. The zero-order valence-electron chi connectivity index (χ0n) is 12.4. The van der Waals surface area contributed by atoms with Gasteiger partial charge in [0.05, 0.1) is 10.7 Å². The number of hydrogen-bond acceptors (Lipinski definition) is 4. The van der Waals surface area contributed by atoms with Gasteiger partial charge >= 0.3 is 0 Å². The Morgan fingerprint density at radius 1 is 1.30 bits per heavy atom. The minimum absolute atomic E-state index is 0.370. The van der Waals surface area contributed by atoms with Crippen LogP contribution in [0.15, 0.2) is 24.3 Å². The van der Waals surface area contributed by atoms with Gasteiger partial charge in [0, 0.05) is 16.6 Å². The van der Waals surface area contributed by atoms with Crippen LogP contribution in [0.4, 0.5) is 5.69 Å². The Morgan fingerprint density at radius 2 is 2.05 bits per heavy atom. The third kappa shape index (κ3) is 3.81. The Bertz CT molecular complexity index is 563. The number of nitrogens with zero attached hydrogens (tertiary/aromatic N) is 1. The average Bonchev–Trinajstić information content (AvgIpc) is 2.75. The van der Waals surface area contributed by atoms with E-state index in [1.807, 2.05) is 18.2 Å². The van der Waals surface area contributed by atoms with Gasteiger partial charge in [0.25, 0.3) is 0 Å². The fraction of sp³-hybridized carbons (Fsp3) is 0.438. The second kappa shape index (κ2) is 6.86. The van der Waals surface area contributed by atoms with Crippen LogP contribution in [0.1, 0.15) is 40.5 Å². The highest BCUT2D eigenvalue weighted by atomic mass is 32.1.